The van der Waals surface area contributed by atoms with Gasteiger partial charge in [-0.2, -0.15) is 5.10 Å². The Morgan fingerprint density at radius 3 is 2.58 bits per heavy atom. The Labute approximate surface area is 159 Å². The van der Waals surface area contributed by atoms with E-state index in [9.17, 15) is 4.79 Å². The predicted octanol–water partition coefficient (Wildman–Crippen LogP) is 4.44. The standard InChI is InChI=1S/C19H13ClN4OS/c20-14-6-8-15(9-7-14)24-18-16(10-23-24)19(22-12-21-18)26-11-17(25)13-4-2-1-3-5-13/h1-10,12H,11H2. The number of Topliss-reactive ketones (excluding diaryl/α,β-unsaturated/α-hetero) is 1. The van der Waals surface area contributed by atoms with Crippen LogP contribution in [0.15, 0.2) is 72.1 Å². The monoisotopic (exact) mass is 380 g/mol. The number of carbonyl (C=O) groups is 1. The molecule has 0 N–H and O–H groups in total. The summed E-state index contributed by atoms with van der Waals surface area (Å²) >= 11 is 7.34. The molecule has 0 radical (unpaired) electrons. The molecular formula is C19H13ClN4OS. The van der Waals surface area contributed by atoms with Crippen molar-refractivity contribution in [2.45, 2.75) is 5.03 Å². The zero-order valence-corrected chi connectivity index (χ0v) is 15.1. The third-order valence-electron chi connectivity index (χ3n) is 3.84. The minimum absolute atomic E-state index is 0.0625. The predicted molar refractivity (Wildman–Crippen MR) is 103 cm³/mol. The minimum Gasteiger partial charge on any atom is -0.293 e. The number of halogens is 1. The van der Waals surface area contributed by atoms with Gasteiger partial charge >= 0.3 is 0 Å². The van der Waals surface area contributed by atoms with Crippen LogP contribution in [0.4, 0.5) is 0 Å². The molecule has 0 amide bonds. The van der Waals surface area contributed by atoms with Gasteiger partial charge in [-0.15, -0.1) is 0 Å². The Balaban J connectivity index is 1.61. The average Bonchev–Trinajstić information content (AvgIpc) is 3.12. The van der Waals surface area contributed by atoms with Gasteiger partial charge in [0.25, 0.3) is 0 Å². The van der Waals surface area contributed by atoms with Crippen LogP contribution >= 0.6 is 23.4 Å². The summed E-state index contributed by atoms with van der Waals surface area (Å²) < 4.78 is 1.73. The molecule has 0 spiro atoms. The van der Waals surface area contributed by atoms with Gasteiger partial charge in [-0.1, -0.05) is 53.7 Å². The quantitative estimate of drug-likeness (QED) is 0.291. The topological polar surface area (TPSA) is 60.7 Å². The van der Waals surface area contributed by atoms with Gasteiger partial charge in [0.2, 0.25) is 0 Å². The zero-order valence-electron chi connectivity index (χ0n) is 13.5. The van der Waals surface area contributed by atoms with E-state index in [1.54, 1.807) is 23.0 Å². The smallest absolute Gasteiger partial charge is 0.173 e. The fraction of sp³-hybridized carbons (Fsp3) is 0.0526. The fourth-order valence-electron chi connectivity index (χ4n) is 2.55. The number of thioether (sulfide) groups is 1. The Hall–Kier alpha value is -2.70. The molecule has 7 heteroatoms. The summed E-state index contributed by atoms with van der Waals surface area (Å²) in [6, 6.07) is 16.6. The summed E-state index contributed by atoms with van der Waals surface area (Å²) in [6.45, 7) is 0. The number of carbonyl (C=O) groups excluding carboxylic acids is 1. The van der Waals surface area contributed by atoms with Crippen LogP contribution < -0.4 is 0 Å². The van der Waals surface area contributed by atoms with Crippen molar-refractivity contribution in [3.05, 3.63) is 77.7 Å². The molecule has 26 heavy (non-hydrogen) atoms. The van der Waals surface area contributed by atoms with Gasteiger partial charge < -0.3 is 0 Å². The summed E-state index contributed by atoms with van der Waals surface area (Å²) in [5, 5.41) is 6.63. The second-order valence-corrected chi connectivity index (χ2v) is 6.93. The maximum atomic E-state index is 12.3. The summed E-state index contributed by atoms with van der Waals surface area (Å²) in [5.74, 6) is 0.370. The molecule has 128 valence electrons. The molecule has 0 aliphatic rings. The van der Waals surface area contributed by atoms with Crippen molar-refractivity contribution >= 4 is 40.2 Å². The van der Waals surface area contributed by atoms with E-state index in [1.807, 2.05) is 42.5 Å². The second-order valence-electron chi connectivity index (χ2n) is 5.53. The summed E-state index contributed by atoms with van der Waals surface area (Å²) in [4.78, 5) is 21.0. The molecule has 2 aromatic heterocycles. The lowest BCUT2D eigenvalue weighted by Crippen LogP contribution is -2.02. The molecule has 0 bridgehead atoms. The van der Waals surface area contributed by atoms with Crippen LogP contribution in [0, 0.1) is 0 Å². The summed E-state index contributed by atoms with van der Waals surface area (Å²) in [7, 11) is 0. The number of aromatic nitrogens is 4. The van der Waals surface area contributed by atoms with Crippen molar-refractivity contribution in [1.82, 2.24) is 19.7 Å². The molecule has 2 aromatic carbocycles. The van der Waals surface area contributed by atoms with Gasteiger partial charge in [-0.05, 0) is 24.3 Å². The molecule has 0 saturated carbocycles. The van der Waals surface area contributed by atoms with E-state index in [0.717, 1.165) is 16.1 Å². The molecule has 0 atom stereocenters. The van der Waals surface area contributed by atoms with Crippen molar-refractivity contribution < 1.29 is 4.79 Å². The SMILES string of the molecule is O=C(CSc1ncnc2c1cnn2-c1ccc(Cl)cc1)c1ccccc1. The van der Waals surface area contributed by atoms with Crippen molar-refractivity contribution in [2.75, 3.05) is 5.75 Å². The number of fused-ring (bicyclic) bond motifs is 1. The van der Waals surface area contributed by atoms with E-state index in [1.165, 1.54) is 18.1 Å². The highest BCUT2D eigenvalue weighted by Crippen LogP contribution is 2.26. The third-order valence-corrected chi connectivity index (χ3v) is 5.09. The van der Waals surface area contributed by atoms with Crippen LogP contribution in [-0.4, -0.2) is 31.3 Å². The van der Waals surface area contributed by atoms with Crippen LogP contribution in [0.5, 0.6) is 0 Å². The Kier molecular flexibility index (Phi) is 4.69. The lowest BCUT2D eigenvalue weighted by molar-refractivity contribution is 0.102. The Bertz CT molecular complexity index is 1060. The molecule has 5 nitrogen and oxygen atoms in total. The summed E-state index contributed by atoms with van der Waals surface area (Å²) in [5.41, 5.74) is 2.25. The Morgan fingerprint density at radius 1 is 1.04 bits per heavy atom. The molecule has 0 aliphatic heterocycles. The first kappa shape index (κ1) is 16.8. The van der Waals surface area contributed by atoms with Crippen LogP contribution in [0.3, 0.4) is 0 Å². The van der Waals surface area contributed by atoms with Gasteiger partial charge in [-0.3, -0.25) is 4.79 Å². The van der Waals surface area contributed by atoms with Crippen LogP contribution in [0.25, 0.3) is 16.7 Å². The van der Waals surface area contributed by atoms with E-state index in [4.69, 9.17) is 11.6 Å². The minimum atomic E-state index is 0.0625. The van der Waals surface area contributed by atoms with Gasteiger partial charge in [0, 0.05) is 10.6 Å². The number of rotatable bonds is 5. The number of ketones is 1. The maximum Gasteiger partial charge on any atom is 0.173 e. The van der Waals surface area contributed by atoms with Gasteiger partial charge in [0.05, 0.1) is 23.0 Å². The zero-order chi connectivity index (χ0) is 17.9. The highest BCUT2D eigenvalue weighted by molar-refractivity contribution is 8.00. The number of hydrogen-bond donors (Lipinski definition) is 0. The van der Waals surface area contributed by atoms with Gasteiger partial charge in [-0.25, -0.2) is 14.6 Å². The molecular weight excluding hydrogens is 368 g/mol. The lowest BCUT2D eigenvalue weighted by Gasteiger charge is -2.04. The average molecular weight is 381 g/mol. The van der Waals surface area contributed by atoms with E-state index in [0.29, 0.717) is 22.0 Å². The molecule has 2 heterocycles. The highest BCUT2D eigenvalue weighted by Gasteiger charge is 2.13. The Morgan fingerprint density at radius 2 is 1.81 bits per heavy atom. The fourth-order valence-corrected chi connectivity index (χ4v) is 3.53. The van der Waals surface area contributed by atoms with E-state index < -0.39 is 0 Å². The first-order valence-electron chi connectivity index (χ1n) is 7.88. The van der Waals surface area contributed by atoms with Crippen LogP contribution in [0.1, 0.15) is 10.4 Å². The van der Waals surface area contributed by atoms with Gasteiger partial charge in [0.15, 0.2) is 11.4 Å². The summed E-state index contributed by atoms with van der Waals surface area (Å²) in [6.07, 6.45) is 3.21. The van der Waals surface area contributed by atoms with Crippen molar-refractivity contribution in [3.8, 4) is 5.69 Å². The van der Waals surface area contributed by atoms with E-state index in [2.05, 4.69) is 15.1 Å². The molecule has 0 saturated heterocycles. The highest BCUT2D eigenvalue weighted by atomic mass is 35.5. The van der Waals surface area contributed by atoms with Crippen molar-refractivity contribution in [2.24, 2.45) is 0 Å². The largest absolute Gasteiger partial charge is 0.293 e. The molecule has 0 fully saturated rings. The third kappa shape index (κ3) is 3.34. The molecule has 0 unspecified atom stereocenters. The molecule has 4 rings (SSSR count). The van der Waals surface area contributed by atoms with Crippen LogP contribution in [-0.2, 0) is 0 Å². The maximum absolute atomic E-state index is 12.3. The first-order chi connectivity index (χ1) is 12.7. The van der Waals surface area contributed by atoms with Crippen molar-refractivity contribution in [3.63, 3.8) is 0 Å². The van der Waals surface area contributed by atoms with Crippen LogP contribution in [0.2, 0.25) is 5.02 Å². The number of nitrogens with zero attached hydrogens (tertiary/aromatic N) is 4. The van der Waals surface area contributed by atoms with E-state index in [-0.39, 0.29) is 5.78 Å². The van der Waals surface area contributed by atoms with Crippen molar-refractivity contribution in [1.29, 1.82) is 0 Å². The second kappa shape index (κ2) is 7.27. The lowest BCUT2D eigenvalue weighted by atomic mass is 10.2. The number of benzene rings is 2. The molecule has 4 aromatic rings. The normalized spacial score (nSPS) is 11.0. The van der Waals surface area contributed by atoms with E-state index >= 15 is 0 Å². The van der Waals surface area contributed by atoms with Gasteiger partial charge in [0.1, 0.15) is 11.4 Å². The molecule has 0 aliphatic carbocycles. The number of hydrogen-bond acceptors (Lipinski definition) is 5. The first-order valence-corrected chi connectivity index (χ1v) is 9.24.